The first-order valence-corrected chi connectivity index (χ1v) is 9.24. The van der Waals surface area contributed by atoms with Crippen molar-refractivity contribution in [2.75, 3.05) is 38.0 Å². The SMILES string of the molecule is CCNC(=NCCCCNc1ccccn1)NCCNC(=O)C1CC1.I. The van der Waals surface area contributed by atoms with E-state index in [9.17, 15) is 4.79 Å². The number of anilines is 1. The highest BCUT2D eigenvalue weighted by Gasteiger charge is 2.28. The van der Waals surface area contributed by atoms with Gasteiger partial charge in [-0.1, -0.05) is 6.07 Å². The Morgan fingerprint density at radius 1 is 1.15 bits per heavy atom. The molecule has 1 aliphatic carbocycles. The van der Waals surface area contributed by atoms with Crippen molar-refractivity contribution < 1.29 is 4.79 Å². The van der Waals surface area contributed by atoms with E-state index in [1.54, 1.807) is 6.20 Å². The van der Waals surface area contributed by atoms with Gasteiger partial charge in [-0.2, -0.15) is 0 Å². The van der Waals surface area contributed by atoms with E-state index in [2.05, 4.69) is 31.2 Å². The van der Waals surface area contributed by atoms with Gasteiger partial charge in [0.2, 0.25) is 5.91 Å². The number of halogens is 1. The zero-order chi connectivity index (χ0) is 17.7. The highest BCUT2D eigenvalue weighted by molar-refractivity contribution is 14.0. The first-order valence-electron chi connectivity index (χ1n) is 9.24. The summed E-state index contributed by atoms with van der Waals surface area (Å²) in [6.45, 7) is 5.85. The van der Waals surface area contributed by atoms with Crippen molar-refractivity contribution >= 4 is 41.7 Å². The van der Waals surface area contributed by atoms with Crippen molar-refractivity contribution in [1.29, 1.82) is 0 Å². The van der Waals surface area contributed by atoms with Gasteiger partial charge in [-0.25, -0.2) is 4.98 Å². The number of hydrogen-bond donors (Lipinski definition) is 4. The number of carbonyl (C=O) groups is 1. The van der Waals surface area contributed by atoms with Crippen LogP contribution in [0.3, 0.4) is 0 Å². The lowest BCUT2D eigenvalue weighted by Gasteiger charge is -2.12. The summed E-state index contributed by atoms with van der Waals surface area (Å²) in [4.78, 5) is 20.3. The topological polar surface area (TPSA) is 90.4 Å². The minimum Gasteiger partial charge on any atom is -0.370 e. The van der Waals surface area contributed by atoms with Crippen molar-refractivity contribution in [2.45, 2.75) is 32.6 Å². The fourth-order valence-corrected chi connectivity index (χ4v) is 2.31. The second-order valence-electron chi connectivity index (χ2n) is 6.10. The molecular formula is C18H31IN6O. The molecule has 0 aromatic carbocycles. The Hall–Kier alpha value is -1.58. The smallest absolute Gasteiger partial charge is 0.223 e. The summed E-state index contributed by atoms with van der Waals surface area (Å²) < 4.78 is 0. The number of pyridine rings is 1. The average Bonchev–Trinajstić information content (AvgIpc) is 3.47. The van der Waals surface area contributed by atoms with E-state index in [-0.39, 0.29) is 35.8 Å². The van der Waals surface area contributed by atoms with Gasteiger partial charge in [0.05, 0.1) is 0 Å². The number of amides is 1. The van der Waals surface area contributed by atoms with Crippen LogP contribution in [0.2, 0.25) is 0 Å². The van der Waals surface area contributed by atoms with Gasteiger partial charge in [-0.15, -0.1) is 24.0 Å². The lowest BCUT2D eigenvalue weighted by atomic mass is 10.3. The van der Waals surface area contributed by atoms with Crippen LogP contribution in [0.15, 0.2) is 29.4 Å². The number of unbranched alkanes of at least 4 members (excludes halogenated alkanes) is 1. The Bertz CT molecular complexity index is 536. The third-order valence-corrected chi connectivity index (χ3v) is 3.83. The third kappa shape index (κ3) is 9.79. The molecule has 1 aromatic heterocycles. The van der Waals surface area contributed by atoms with Gasteiger partial charge in [0, 0.05) is 44.8 Å². The second-order valence-corrected chi connectivity index (χ2v) is 6.10. The van der Waals surface area contributed by atoms with E-state index < -0.39 is 0 Å². The summed E-state index contributed by atoms with van der Waals surface area (Å²) in [5.74, 6) is 2.17. The minimum absolute atomic E-state index is 0. The minimum atomic E-state index is 0. The van der Waals surface area contributed by atoms with Crippen LogP contribution in [0.1, 0.15) is 32.6 Å². The molecule has 2 rings (SSSR count). The lowest BCUT2D eigenvalue weighted by Crippen LogP contribution is -2.41. The third-order valence-electron chi connectivity index (χ3n) is 3.83. The number of nitrogens with one attached hydrogen (secondary N) is 4. The molecule has 146 valence electrons. The monoisotopic (exact) mass is 474 g/mol. The van der Waals surface area contributed by atoms with E-state index >= 15 is 0 Å². The van der Waals surface area contributed by atoms with Gasteiger partial charge in [-0.3, -0.25) is 9.79 Å². The van der Waals surface area contributed by atoms with Crippen molar-refractivity contribution in [3.63, 3.8) is 0 Å². The standard InChI is InChI=1S/C18H30N6O.HI/c1-2-19-18(24-14-13-22-17(25)15-8-9-15)23-12-6-5-11-21-16-7-3-4-10-20-16;/h3-4,7,10,15H,2,5-6,8-9,11-14H2,1H3,(H,20,21)(H,22,25)(H2,19,23,24);1H. The molecule has 1 aromatic rings. The predicted molar refractivity (Wildman–Crippen MR) is 117 cm³/mol. The highest BCUT2D eigenvalue weighted by Crippen LogP contribution is 2.28. The zero-order valence-corrected chi connectivity index (χ0v) is 17.8. The van der Waals surface area contributed by atoms with Crippen LogP contribution >= 0.6 is 24.0 Å². The van der Waals surface area contributed by atoms with Crippen molar-refractivity contribution in [3.05, 3.63) is 24.4 Å². The van der Waals surface area contributed by atoms with E-state index in [0.717, 1.165) is 57.1 Å². The van der Waals surface area contributed by atoms with E-state index in [1.807, 2.05) is 25.1 Å². The molecular weight excluding hydrogens is 443 g/mol. The van der Waals surface area contributed by atoms with E-state index in [4.69, 9.17) is 0 Å². The lowest BCUT2D eigenvalue weighted by molar-refractivity contribution is -0.122. The summed E-state index contributed by atoms with van der Waals surface area (Å²) in [7, 11) is 0. The molecule has 0 saturated heterocycles. The molecule has 1 heterocycles. The van der Waals surface area contributed by atoms with Gasteiger partial charge >= 0.3 is 0 Å². The number of rotatable bonds is 11. The van der Waals surface area contributed by atoms with Crippen LogP contribution in [0.5, 0.6) is 0 Å². The molecule has 0 aliphatic heterocycles. The maximum atomic E-state index is 11.6. The van der Waals surface area contributed by atoms with Crippen molar-refractivity contribution in [2.24, 2.45) is 10.9 Å². The largest absolute Gasteiger partial charge is 0.370 e. The second kappa shape index (κ2) is 13.6. The maximum Gasteiger partial charge on any atom is 0.223 e. The summed E-state index contributed by atoms with van der Waals surface area (Å²) >= 11 is 0. The number of aliphatic imine (C=N–C) groups is 1. The quantitative estimate of drug-likeness (QED) is 0.171. The molecule has 7 nitrogen and oxygen atoms in total. The van der Waals surface area contributed by atoms with Crippen LogP contribution in [-0.2, 0) is 4.79 Å². The first kappa shape index (κ1) is 22.5. The number of aromatic nitrogens is 1. The van der Waals surface area contributed by atoms with Crippen LogP contribution in [-0.4, -0.2) is 49.6 Å². The van der Waals surface area contributed by atoms with Crippen LogP contribution in [0.4, 0.5) is 5.82 Å². The van der Waals surface area contributed by atoms with E-state index in [0.29, 0.717) is 13.1 Å². The van der Waals surface area contributed by atoms with Gasteiger partial charge in [0.1, 0.15) is 5.82 Å². The molecule has 0 spiro atoms. The molecule has 0 unspecified atom stereocenters. The van der Waals surface area contributed by atoms with Crippen molar-refractivity contribution in [3.8, 4) is 0 Å². The molecule has 8 heteroatoms. The zero-order valence-electron chi connectivity index (χ0n) is 15.5. The first-order chi connectivity index (χ1) is 12.3. The molecule has 1 aliphatic rings. The van der Waals surface area contributed by atoms with Gasteiger partial charge in [-0.05, 0) is 44.7 Å². The molecule has 1 fully saturated rings. The van der Waals surface area contributed by atoms with Gasteiger partial charge in [0.15, 0.2) is 5.96 Å². The van der Waals surface area contributed by atoms with Crippen molar-refractivity contribution in [1.82, 2.24) is 20.9 Å². The molecule has 0 atom stereocenters. The van der Waals surface area contributed by atoms with E-state index in [1.165, 1.54) is 0 Å². The summed E-state index contributed by atoms with van der Waals surface area (Å²) in [6.07, 6.45) is 5.91. The summed E-state index contributed by atoms with van der Waals surface area (Å²) in [5, 5.41) is 12.7. The Morgan fingerprint density at radius 3 is 2.65 bits per heavy atom. The molecule has 1 saturated carbocycles. The van der Waals surface area contributed by atoms with Gasteiger partial charge in [0.25, 0.3) is 0 Å². The highest BCUT2D eigenvalue weighted by atomic mass is 127. The maximum absolute atomic E-state index is 11.6. The fraction of sp³-hybridized carbons (Fsp3) is 0.611. The summed E-state index contributed by atoms with van der Waals surface area (Å²) in [5.41, 5.74) is 0. The average molecular weight is 474 g/mol. The molecule has 0 radical (unpaired) electrons. The van der Waals surface area contributed by atoms with Crippen LogP contribution < -0.4 is 21.3 Å². The van der Waals surface area contributed by atoms with Crippen LogP contribution in [0, 0.1) is 5.92 Å². The number of carbonyl (C=O) groups excluding carboxylic acids is 1. The van der Waals surface area contributed by atoms with Gasteiger partial charge < -0.3 is 21.3 Å². The number of nitrogens with zero attached hydrogens (tertiary/aromatic N) is 2. The Balaban J connectivity index is 0.00000338. The number of hydrogen-bond acceptors (Lipinski definition) is 4. The Labute approximate surface area is 173 Å². The Morgan fingerprint density at radius 2 is 1.96 bits per heavy atom. The molecule has 26 heavy (non-hydrogen) atoms. The van der Waals surface area contributed by atoms with Crippen LogP contribution in [0.25, 0.3) is 0 Å². The summed E-state index contributed by atoms with van der Waals surface area (Å²) in [6, 6.07) is 5.85. The Kier molecular flexibility index (Phi) is 11.7. The normalized spacial score (nSPS) is 13.5. The fourth-order valence-electron chi connectivity index (χ4n) is 2.31. The number of guanidine groups is 1. The predicted octanol–water partition coefficient (Wildman–Crippen LogP) is 1.97. The molecule has 1 amide bonds. The molecule has 4 N–H and O–H groups in total. The molecule has 0 bridgehead atoms.